The van der Waals surface area contributed by atoms with Gasteiger partial charge in [0.1, 0.15) is 5.25 Å². The Kier molecular flexibility index (Phi) is 4.82. The molecule has 0 aromatic heterocycles. The van der Waals surface area contributed by atoms with Gasteiger partial charge in [-0.2, -0.15) is 0 Å². The van der Waals surface area contributed by atoms with E-state index in [0.29, 0.717) is 19.6 Å². The predicted molar refractivity (Wildman–Crippen MR) is 104 cm³/mol. The van der Waals surface area contributed by atoms with Gasteiger partial charge in [-0.15, -0.1) is 0 Å². The highest BCUT2D eigenvalue weighted by atomic mass is 32.2. The van der Waals surface area contributed by atoms with Crippen LogP contribution in [0.1, 0.15) is 17.5 Å². The van der Waals surface area contributed by atoms with Gasteiger partial charge in [-0.05, 0) is 35.2 Å². The Morgan fingerprint density at radius 3 is 2.81 bits per heavy atom. The first kappa shape index (κ1) is 18.3. The first-order chi connectivity index (χ1) is 13.0. The van der Waals surface area contributed by atoms with Crippen LogP contribution < -0.4 is 5.32 Å². The monoisotopic (exact) mass is 388 g/mol. The second-order valence-corrected chi connectivity index (χ2v) is 9.62. The van der Waals surface area contributed by atoms with Gasteiger partial charge in [0.15, 0.2) is 9.84 Å². The number of carbonyl (C=O) groups excluding carboxylic acids is 1. The van der Waals surface area contributed by atoms with Gasteiger partial charge in [-0.3, -0.25) is 0 Å². The van der Waals surface area contributed by atoms with E-state index >= 15 is 0 Å². The topological polar surface area (TPSA) is 75.7 Å². The highest BCUT2D eigenvalue weighted by Gasteiger charge is 2.45. The van der Waals surface area contributed by atoms with E-state index < -0.39 is 15.1 Å². The standard InChI is InChI=1S/C20H24N2O4S/c1-14-6-7-15(17-5-3-2-4-16(14)17)12-21-20(23)22-9-11-27(24,25)19-13-26-10-8-18(19)22/h2-7,18-19H,8-13H2,1H3,(H,21,23). The lowest BCUT2D eigenvalue weighted by Crippen LogP contribution is -2.61. The van der Waals surface area contributed by atoms with Crippen LogP contribution in [0.2, 0.25) is 0 Å². The zero-order valence-electron chi connectivity index (χ0n) is 15.3. The maximum Gasteiger partial charge on any atom is 0.317 e. The molecule has 6 nitrogen and oxygen atoms in total. The molecule has 2 unspecified atom stereocenters. The smallest absolute Gasteiger partial charge is 0.317 e. The minimum absolute atomic E-state index is 0.00158. The predicted octanol–water partition coefficient (Wildman–Crippen LogP) is 2.25. The summed E-state index contributed by atoms with van der Waals surface area (Å²) in [4.78, 5) is 14.5. The van der Waals surface area contributed by atoms with Gasteiger partial charge in [0.25, 0.3) is 0 Å². The van der Waals surface area contributed by atoms with E-state index in [1.165, 1.54) is 10.9 Å². The van der Waals surface area contributed by atoms with Crippen molar-refractivity contribution in [2.24, 2.45) is 0 Å². The number of rotatable bonds is 2. The van der Waals surface area contributed by atoms with Crippen molar-refractivity contribution in [2.75, 3.05) is 25.5 Å². The molecule has 7 heteroatoms. The molecule has 2 aliphatic heterocycles. The molecule has 2 aromatic rings. The number of aryl methyl sites for hydroxylation is 1. The lowest BCUT2D eigenvalue weighted by atomic mass is 10.0. The van der Waals surface area contributed by atoms with Crippen LogP contribution in [-0.4, -0.2) is 56.2 Å². The minimum Gasteiger partial charge on any atom is -0.380 e. The minimum atomic E-state index is -3.20. The molecular formula is C20H24N2O4S. The Morgan fingerprint density at radius 1 is 1.22 bits per heavy atom. The second-order valence-electron chi connectivity index (χ2n) is 7.28. The van der Waals surface area contributed by atoms with Crippen LogP contribution in [0, 0.1) is 6.92 Å². The average Bonchev–Trinajstić information content (AvgIpc) is 2.68. The van der Waals surface area contributed by atoms with Gasteiger partial charge in [0, 0.05) is 19.7 Å². The number of sulfone groups is 1. The molecule has 2 saturated heterocycles. The van der Waals surface area contributed by atoms with E-state index in [0.717, 1.165) is 10.9 Å². The largest absolute Gasteiger partial charge is 0.380 e. The Hall–Kier alpha value is -2.12. The first-order valence-electron chi connectivity index (χ1n) is 9.28. The highest BCUT2D eigenvalue weighted by Crippen LogP contribution is 2.27. The zero-order valence-corrected chi connectivity index (χ0v) is 16.2. The Balaban J connectivity index is 1.51. The van der Waals surface area contributed by atoms with Gasteiger partial charge >= 0.3 is 6.03 Å². The summed E-state index contributed by atoms with van der Waals surface area (Å²) >= 11 is 0. The third kappa shape index (κ3) is 3.41. The van der Waals surface area contributed by atoms with E-state index in [2.05, 4.69) is 30.4 Å². The van der Waals surface area contributed by atoms with Gasteiger partial charge < -0.3 is 15.0 Å². The Morgan fingerprint density at radius 2 is 2.00 bits per heavy atom. The molecule has 1 N–H and O–H groups in total. The number of benzene rings is 2. The molecular weight excluding hydrogens is 364 g/mol. The summed E-state index contributed by atoms with van der Waals surface area (Å²) in [5, 5.41) is 4.69. The molecule has 144 valence electrons. The van der Waals surface area contributed by atoms with E-state index in [1.54, 1.807) is 4.90 Å². The molecule has 2 aromatic carbocycles. The molecule has 0 radical (unpaired) electrons. The fourth-order valence-electron chi connectivity index (χ4n) is 4.13. The molecule has 2 fully saturated rings. The van der Waals surface area contributed by atoms with Crippen LogP contribution in [0.4, 0.5) is 4.79 Å². The number of fused-ring (bicyclic) bond motifs is 2. The number of hydrogen-bond acceptors (Lipinski definition) is 4. The second kappa shape index (κ2) is 7.13. The van der Waals surface area contributed by atoms with Crippen molar-refractivity contribution >= 4 is 26.6 Å². The quantitative estimate of drug-likeness (QED) is 0.856. The summed E-state index contributed by atoms with van der Waals surface area (Å²) in [5.74, 6) is -0.00158. The molecule has 2 amide bonds. The number of carbonyl (C=O) groups is 1. The molecule has 2 heterocycles. The summed E-state index contributed by atoms with van der Waals surface area (Å²) in [7, 11) is -3.20. The van der Waals surface area contributed by atoms with Crippen LogP contribution in [-0.2, 0) is 21.1 Å². The molecule has 27 heavy (non-hydrogen) atoms. The highest BCUT2D eigenvalue weighted by molar-refractivity contribution is 7.92. The van der Waals surface area contributed by atoms with Crippen LogP contribution >= 0.6 is 0 Å². The SMILES string of the molecule is Cc1ccc(CNC(=O)N2CCS(=O)(=O)C3COCCC32)c2ccccc12. The third-order valence-electron chi connectivity index (χ3n) is 5.67. The summed E-state index contributed by atoms with van der Waals surface area (Å²) in [6, 6.07) is 11.7. The van der Waals surface area contributed by atoms with Crippen LogP contribution in [0.3, 0.4) is 0 Å². The summed E-state index contributed by atoms with van der Waals surface area (Å²) in [6.07, 6.45) is 0.560. The van der Waals surface area contributed by atoms with Crippen molar-refractivity contribution in [3.05, 3.63) is 47.5 Å². The van der Waals surface area contributed by atoms with Crippen molar-refractivity contribution in [1.82, 2.24) is 10.2 Å². The van der Waals surface area contributed by atoms with Crippen LogP contribution in [0.5, 0.6) is 0 Å². The molecule has 0 bridgehead atoms. The molecule has 2 atom stereocenters. The van der Waals surface area contributed by atoms with Gasteiger partial charge in [0.05, 0.1) is 18.4 Å². The summed E-state index contributed by atoms with van der Waals surface area (Å²) < 4.78 is 30.0. The van der Waals surface area contributed by atoms with E-state index in [4.69, 9.17) is 4.74 Å². The maximum atomic E-state index is 12.8. The summed E-state index contributed by atoms with van der Waals surface area (Å²) in [6.45, 7) is 3.40. The van der Waals surface area contributed by atoms with Crippen molar-refractivity contribution in [2.45, 2.75) is 31.2 Å². The summed E-state index contributed by atoms with van der Waals surface area (Å²) in [5.41, 5.74) is 2.25. The van der Waals surface area contributed by atoms with Crippen LogP contribution in [0.25, 0.3) is 10.8 Å². The number of hydrogen-bond donors (Lipinski definition) is 1. The van der Waals surface area contributed by atoms with E-state index in [1.807, 2.05) is 18.2 Å². The Labute approximate surface area is 159 Å². The van der Waals surface area contributed by atoms with Gasteiger partial charge in [-0.25, -0.2) is 13.2 Å². The molecule has 2 aliphatic rings. The van der Waals surface area contributed by atoms with Crippen molar-refractivity contribution in [3.8, 4) is 0 Å². The molecule has 0 saturated carbocycles. The number of nitrogens with one attached hydrogen (secondary N) is 1. The lowest BCUT2D eigenvalue weighted by Gasteiger charge is -2.43. The zero-order chi connectivity index (χ0) is 19.0. The average molecular weight is 388 g/mol. The van der Waals surface area contributed by atoms with Gasteiger partial charge in [-0.1, -0.05) is 36.4 Å². The number of ether oxygens (including phenoxy) is 1. The van der Waals surface area contributed by atoms with Crippen molar-refractivity contribution in [1.29, 1.82) is 0 Å². The van der Waals surface area contributed by atoms with Crippen molar-refractivity contribution < 1.29 is 17.9 Å². The van der Waals surface area contributed by atoms with Crippen molar-refractivity contribution in [3.63, 3.8) is 0 Å². The normalized spacial score (nSPS) is 24.4. The van der Waals surface area contributed by atoms with E-state index in [-0.39, 0.29) is 31.0 Å². The van der Waals surface area contributed by atoms with Crippen LogP contribution in [0.15, 0.2) is 36.4 Å². The molecule has 4 rings (SSSR count). The number of amides is 2. The molecule has 0 aliphatic carbocycles. The number of nitrogens with zero attached hydrogens (tertiary/aromatic N) is 1. The fraction of sp³-hybridized carbons (Fsp3) is 0.450. The Bertz CT molecular complexity index is 973. The van der Waals surface area contributed by atoms with Gasteiger partial charge in [0.2, 0.25) is 0 Å². The number of urea groups is 1. The fourth-order valence-corrected chi connectivity index (χ4v) is 5.95. The molecule has 0 spiro atoms. The third-order valence-corrected chi connectivity index (χ3v) is 7.80. The lowest BCUT2D eigenvalue weighted by molar-refractivity contribution is 0.0462. The first-order valence-corrected chi connectivity index (χ1v) is 11.0. The maximum absolute atomic E-state index is 12.8. The van der Waals surface area contributed by atoms with E-state index in [9.17, 15) is 13.2 Å².